The number of nitrogens with zero attached hydrogens (tertiary/aromatic N) is 3. The molecule has 2 heterocycles. The summed E-state index contributed by atoms with van der Waals surface area (Å²) in [7, 11) is 0. The Kier molecular flexibility index (Phi) is 7.43. The van der Waals surface area contributed by atoms with Crippen molar-refractivity contribution in [1.29, 1.82) is 0 Å². The maximum absolute atomic E-state index is 12.4. The van der Waals surface area contributed by atoms with Crippen molar-refractivity contribution < 1.29 is 24.6 Å². The molecule has 2 amide bonds. The van der Waals surface area contributed by atoms with Gasteiger partial charge in [-0.1, -0.05) is 30.3 Å². The number of benzene rings is 2. The molecule has 1 aliphatic heterocycles. The van der Waals surface area contributed by atoms with Gasteiger partial charge in [-0.05, 0) is 49.9 Å². The van der Waals surface area contributed by atoms with Crippen LogP contribution in [0.25, 0.3) is 11.0 Å². The number of carbonyl (C=O) groups is 3. The van der Waals surface area contributed by atoms with Crippen LogP contribution in [0.1, 0.15) is 18.7 Å². The van der Waals surface area contributed by atoms with E-state index in [-0.39, 0.29) is 6.03 Å². The van der Waals surface area contributed by atoms with Crippen molar-refractivity contribution >= 4 is 34.7 Å². The van der Waals surface area contributed by atoms with E-state index >= 15 is 0 Å². The number of fused-ring (bicyclic) bond motifs is 1. The predicted octanol–water partition coefficient (Wildman–Crippen LogP) is 3.44. The predicted molar refractivity (Wildman–Crippen MR) is 119 cm³/mol. The largest absolute Gasteiger partial charge is 0.473 e. The van der Waals surface area contributed by atoms with Crippen molar-refractivity contribution in [1.82, 2.24) is 14.5 Å². The number of para-hydroxylation sites is 3. The molecule has 2 aromatic carbocycles. The zero-order valence-corrected chi connectivity index (χ0v) is 17.8. The smallest absolute Gasteiger partial charge is 0.414 e. The standard InChI is InChI=1S/C21H24N4O.C2H2O4/c1-16-22-19-9-5-6-10-20(19)25(16)15-17-11-13-24(14-12-17)21(26)23-18-7-3-2-4-8-18;3-1(4)2(5)6/h2-10,17H,11-15H2,1H3,(H,23,26);(H,3,4)(H,5,6). The van der Waals surface area contributed by atoms with Crippen LogP contribution in [0.5, 0.6) is 0 Å². The first-order valence-electron chi connectivity index (χ1n) is 10.3. The molecule has 0 saturated carbocycles. The van der Waals surface area contributed by atoms with E-state index in [9.17, 15) is 4.79 Å². The summed E-state index contributed by atoms with van der Waals surface area (Å²) < 4.78 is 2.32. The van der Waals surface area contributed by atoms with Crippen molar-refractivity contribution in [2.45, 2.75) is 26.3 Å². The van der Waals surface area contributed by atoms with Gasteiger partial charge in [0.1, 0.15) is 5.82 Å². The van der Waals surface area contributed by atoms with E-state index in [1.165, 1.54) is 5.52 Å². The number of rotatable bonds is 3. The molecule has 32 heavy (non-hydrogen) atoms. The number of anilines is 1. The highest BCUT2D eigenvalue weighted by atomic mass is 16.4. The van der Waals surface area contributed by atoms with Crippen LogP contribution < -0.4 is 5.32 Å². The van der Waals surface area contributed by atoms with E-state index in [4.69, 9.17) is 19.8 Å². The Morgan fingerprint density at radius 3 is 2.19 bits per heavy atom. The van der Waals surface area contributed by atoms with E-state index < -0.39 is 11.9 Å². The number of aliphatic carboxylic acids is 2. The molecule has 3 aromatic rings. The van der Waals surface area contributed by atoms with Gasteiger partial charge in [-0.3, -0.25) is 0 Å². The van der Waals surface area contributed by atoms with Gasteiger partial charge in [0.05, 0.1) is 11.0 Å². The van der Waals surface area contributed by atoms with Gasteiger partial charge in [0, 0.05) is 25.3 Å². The fourth-order valence-electron chi connectivity index (χ4n) is 3.73. The van der Waals surface area contributed by atoms with Crippen molar-refractivity contribution in [2.24, 2.45) is 5.92 Å². The Labute approximate surface area is 185 Å². The van der Waals surface area contributed by atoms with Gasteiger partial charge in [-0.25, -0.2) is 19.4 Å². The SMILES string of the molecule is Cc1nc2ccccc2n1CC1CCN(C(=O)Nc2ccccc2)CC1.O=C(O)C(=O)O. The molecule has 1 saturated heterocycles. The number of likely N-dealkylation sites (tertiary alicyclic amines) is 1. The lowest BCUT2D eigenvalue weighted by Crippen LogP contribution is -2.41. The number of nitrogens with one attached hydrogen (secondary N) is 1. The molecule has 3 N–H and O–H groups in total. The molecular formula is C23H26N4O5. The van der Waals surface area contributed by atoms with Gasteiger partial charge in [0.15, 0.2) is 0 Å². The second-order valence-corrected chi connectivity index (χ2v) is 7.60. The number of carbonyl (C=O) groups excluding carboxylic acids is 1. The van der Waals surface area contributed by atoms with Crippen LogP contribution in [0.4, 0.5) is 10.5 Å². The van der Waals surface area contributed by atoms with Gasteiger partial charge in [0.2, 0.25) is 0 Å². The zero-order valence-electron chi connectivity index (χ0n) is 17.8. The molecule has 1 aromatic heterocycles. The molecular weight excluding hydrogens is 412 g/mol. The number of piperidine rings is 1. The topological polar surface area (TPSA) is 125 Å². The number of carboxylic acid groups (broad SMARTS) is 2. The second kappa shape index (κ2) is 10.4. The second-order valence-electron chi connectivity index (χ2n) is 7.60. The number of aromatic nitrogens is 2. The highest BCUT2D eigenvalue weighted by molar-refractivity contribution is 6.27. The number of carboxylic acids is 2. The van der Waals surface area contributed by atoms with Gasteiger partial charge in [-0.2, -0.15) is 0 Å². The molecule has 0 unspecified atom stereocenters. The number of aryl methyl sites for hydroxylation is 1. The first-order chi connectivity index (χ1) is 15.3. The van der Waals surface area contributed by atoms with Gasteiger partial charge in [0.25, 0.3) is 0 Å². The van der Waals surface area contributed by atoms with Crippen LogP contribution in [-0.2, 0) is 16.1 Å². The van der Waals surface area contributed by atoms with E-state index in [0.717, 1.165) is 49.5 Å². The Morgan fingerprint density at radius 1 is 0.969 bits per heavy atom. The number of imidazole rings is 1. The Hall–Kier alpha value is -3.88. The number of hydrogen-bond acceptors (Lipinski definition) is 4. The van der Waals surface area contributed by atoms with Crippen molar-refractivity contribution in [3.05, 3.63) is 60.4 Å². The first-order valence-corrected chi connectivity index (χ1v) is 10.3. The average Bonchev–Trinajstić information content (AvgIpc) is 3.10. The fourth-order valence-corrected chi connectivity index (χ4v) is 3.73. The van der Waals surface area contributed by atoms with Crippen LogP contribution in [0.15, 0.2) is 54.6 Å². The third-order valence-electron chi connectivity index (χ3n) is 5.40. The summed E-state index contributed by atoms with van der Waals surface area (Å²) in [5.74, 6) is -2.01. The van der Waals surface area contributed by atoms with Crippen LogP contribution in [0, 0.1) is 12.8 Å². The van der Waals surface area contributed by atoms with Crippen LogP contribution >= 0.6 is 0 Å². The van der Waals surface area contributed by atoms with Crippen molar-refractivity contribution in [3.63, 3.8) is 0 Å². The molecule has 0 spiro atoms. The molecule has 168 valence electrons. The lowest BCUT2D eigenvalue weighted by Gasteiger charge is -2.32. The van der Waals surface area contributed by atoms with Crippen LogP contribution in [0.3, 0.4) is 0 Å². The highest BCUT2D eigenvalue weighted by Gasteiger charge is 2.24. The summed E-state index contributed by atoms with van der Waals surface area (Å²) in [6.45, 7) is 4.65. The minimum absolute atomic E-state index is 0.00101. The molecule has 0 bridgehead atoms. The Bertz CT molecular complexity index is 1080. The third kappa shape index (κ3) is 5.84. The quantitative estimate of drug-likeness (QED) is 0.538. The lowest BCUT2D eigenvalue weighted by atomic mass is 9.97. The molecule has 4 rings (SSSR count). The molecule has 1 aliphatic rings. The molecule has 0 aliphatic carbocycles. The normalized spacial score (nSPS) is 13.8. The Balaban J connectivity index is 0.000000427. The molecule has 0 radical (unpaired) electrons. The monoisotopic (exact) mass is 438 g/mol. The summed E-state index contributed by atoms with van der Waals surface area (Å²) in [5, 5.41) is 17.8. The van der Waals surface area contributed by atoms with E-state index in [1.54, 1.807) is 0 Å². The van der Waals surface area contributed by atoms with Gasteiger partial charge in [-0.15, -0.1) is 0 Å². The maximum atomic E-state index is 12.4. The highest BCUT2D eigenvalue weighted by Crippen LogP contribution is 2.23. The summed E-state index contributed by atoms with van der Waals surface area (Å²) in [6.07, 6.45) is 2.04. The molecule has 9 heteroatoms. The number of hydrogen-bond donors (Lipinski definition) is 3. The first kappa shape index (κ1) is 22.8. The van der Waals surface area contributed by atoms with Crippen molar-refractivity contribution in [2.75, 3.05) is 18.4 Å². The minimum Gasteiger partial charge on any atom is -0.473 e. The third-order valence-corrected chi connectivity index (χ3v) is 5.40. The molecule has 9 nitrogen and oxygen atoms in total. The Morgan fingerprint density at radius 2 is 1.56 bits per heavy atom. The molecule has 1 fully saturated rings. The maximum Gasteiger partial charge on any atom is 0.414 e. The van der Waals surface area contributed by atoms with E-state index in [1.807, 2.05) is 41.3 Å². The number of amides is 2. The van der Waals surface area contributed by atoms with Gasteiger partial charge >= 0.3 is 18.0 Å². The van der Waals surface area contributed by atoms with Crippen molar-refractivity contribution in [3.8, 4) is 0 Å². The fraction of sp³-hybridized carbons (Fsp3) is 0.304. The van der Waals surface area contributed by atoms with Gasteiger partial charge < -0.3 is 25.0 Å². The van der Waals surface area contributed by atoms with E-state index in [2.05, 4.69) is 40.0 Å². The van der Waals surface area contributed by atoms with Crippen LogP contribution in [0.2, 0.25) is 0 Å². The van der Waals surface area contributed by atoms with E-state index in [0.29, 0.717) is 5.92 Å². The summed E-state index contributed by atoms with van der Waals surface area (Å²) >= 11 is 0. The number of urea groups is 1. The molecule has 0 atom stereocenters. The zero-order chi connectivity index (χ0) is 23.1. The summed E-state index contributed by atoms with van der Waals surface area (Å²) in [4.78, 5) is 37.2. The summed E-state index contributed by atoms with van der Waals surface area (Å²) in [6, 6.07) is 17.9. The summed E-state index contributed by atoms with van der Waals surface area (Å²) in [5.41, 5.74) is 3.11. The minimum atomic E-state index is -1.82. The lowest BCUT2D eigenvalue weighted by molar-refractivity contribution is -0.159. The average molecular weight is 438 g/mol. The van der Waals surface area contributed by atoms with Crippen LogP contribution in [-0.4, -0.2) is 55.7 Å².